The molecular weight excluding hydrogens is 302 g/mol. The first-order valence-electron chi connectivity index (χ1n) is 7.17. The van der Waals surface area contributed by atoms with Gasteiger partial charge < -0.3 is 10.6 Å². The Balaban J connectivity index is 0.00000242. The maximum absolute atomic E-state index is 12.1. The highest BCUT2D eigenvalue weighted by atomic mass is 35.5. The summed E-state index contributed by atoms with van der Waals surface area (Å²) in [6.45, 7) is 6.46. The highest BCUT2D eigenvalue weighted by molar-refractivity contribution is 5.94. The molecule has 0 spiro atoms. The Morgan fingerprint density at radius 3 is 2.73 bits per heavy atom. The second-order valence-corrected chi connectivity index (χ2v) is 4.85. The molecule has 2 N–H and O–H groups in total. The van der Waals surface area contributed by atoms with Gasteiger partial charge in [-0.2, -0.15) is 5.10 Å². The van der Waals surface area contributed by atoms with Crippen molar-refractivity contribution in [3.8, 4) is 5.69 Å². The van der Waals surface area contributed by atoms with Gasteiger partial charge >= 0.3 is 0 Å². The van der Waals surface area contributed by atoms with Gasteiger partial charge in [-0.25, -0.2) is 9.67 Å². The van der Waals surface area contributed by atoms with Crippen LogP contribution in [0.3, 0.4) is 0 Å². The van der Waals surface area contributed by atoms with E-state index in [0.717, 1.165) is 30.8 Å². The lowest BCUT2D eigenvalue weighted by Crippen LogP contribution is -2.32. The first-order chi connectivity index (χ1) is 10.2. The molecule has 1 heterocycles. The molecule has 0 aliphatic carbocycles. The van der Waals surface area contributed by atoms with Crippen LogP contribution < -0.4 is 10.6 Å². The van der Waals surface area contributed by atoms with Gasteiger partial charge in [0.05, 0.1) is 5.69 Å². The van der Waals surface area contributed by atoms with Crippen molar-refractivity contribution in [3.05, 3.63) is 42.0 Å². The summed E-state index contributed by atoms with van der Waals surface area (Å²) in [4.78, 5) is 16.0. The van der Waals surface area contributed by atoms with Crippen molar-refractivity contribution in [2.24, 2.45) is 0 Å². The van der Waals surface area contributed by atoms with Crippen LogP contribution in [0.1, 0.15) is 29.3 Å². The molecule has 0 fully saturated rings. The monoisotopic (exact) mass is 323 g/mol. The van der Waals surface area contributed by atoms with Crippen LogP contribution in [0.2, 0.25) is 0 Å². The number of hydrogen-bond acceptors (Lipinski definition) is 4. The van der Waals surface area contributed by atoms with Crippen molar-refractivity contribution in [3.63, 3.8) is 0 Å². The largest absolute Gasteiger partial charge is 0.351 e. The van der Waals surface area contributed by atoms with Crippen LogP contribution in [0.5, 0.6) is 0 Å². The molecule has 0 saturated carbocycles. The topological polar surface area (TPSA) is 71.8 Å². The van der Waals surface area contributed by atoms with Crippen molar-refractivity contribution in [2.75, 3.05) is 19.6 Å². The van der Waals surface area contributed by atoms with Gasteiger partial charge in [0.15, 0.2) is 0 Å². The van der Waals surface area contributed by atoms with Crippen molar-refractivity contribution in [1.82, 2.24) is 25.4 Å². The van der Waals surface area contributed by atoms with Crippen LogP contribution in [-0.2, 0) is 0 Å². The molecule has 1 aromatic carbocycles. The zero-order chi connectivity index (χ0) is 15.1. The molecule has 120 valence electrons. The molecule has 0 bridgehead atoms. The molecule has 22 heavy (non-hydrogen) atoms. The lowest BCUT2D eigenvalue weighted by Gasteiger charge is -2.09. The number of amides is 1. The summed E-state index contributed by atoms with van der Waals surface area (Å²) >= 11 is 0. The third-order valence-corrected chi connectivity index (χ3v) is 3.14. The maximum Gasteiger partial charge on any atom is 0.251 e. The second kappa shape index (κ2) is 9.17. The van der Waals surface area contributed by atoms with Gasteiger partial charge in [0.2, 0.25) is 0 Å². The normalized spacial score (nSPS) is 10.1. The van der Waals surface area contributed by atoms with E-state index >= 15 is 0 Å². The number of rotatable bonds is 7. The minimum absolute atomic E-state index is 0. The van der Waals surface area contributed by atoms with Crippen LogP contribution in [0.4, 0.5) is 0 Å². The van der Waals surface area contributed by atoms with Gasteiger partial charge in [0.1, 0.15) is 12.7 Å². The Morgan fingerprint density at radius 1 is 1.27 bits per heavy atom. The Labute approximate surface area is 136 Å². The molecule has 6 nitrogen and oxygen atoms in total. The number of aromatic nitrogens is 3. The number of hydrogen-bond donors (Lipinski definition) is 2. The van der Waals surface area contributed by atoms with Crippen molar-refractivity contribution < 1.29 is 4.79 Å². The number of carbonyl (C=O) groups is 1. The van der Waals surface area contributed by atoms with E-state index in [1.54, 1.807) is 17.1 Å². The summed E-state index contributed by atoms with van der Waals surface area (Å²) < 4.78 is 1.69. The van der Waals surface area contributed by atoms with Crippen LogP contribution >= 0.6 is 12.4 Å². The third-order valence-electron chi connectivity index (χ3n) is 3.14. The Hall–Kier alpha value is -1.92. The molecule has 7 heteroatoms. The number of nitrogens with one attached hydrogen (secondary N) is 2. The van der Waals surface area contributed by atoms with Gasteiger partial charge in [-0.15, -0.1) is 12.4 Å². The van der Waals surface area contributed by atoms with E-state index in [1.807, 2.05) is 19.1 Å². The highest BCUT2D eigenvalue weighted by Crippen LogP contribution is 2.14. The van der Waals surface area contributed by atoms with Crippen LogP contribution in [0.15, 0.2) is 30.9 Å². The fourth-order valence-electron chi connectivity index (χ4n) is 2.05. The number of halogens is 1. The fraction of sp³-hybridized carbons (Fsp3) is 0.400. The fourth-order valence-corrected chi connectivity index (χ4v) is 2.05. The second-order valence-electron chi connectivity index (χ2n) is 4.85. The summed E-state index contributed by atoms with van der Waals surface area (Å²) in [6, 6.07) is 5.55. The molecule has 2 aromatic rings. The number of carbonyl (C=O) groups excluding carboxylic acids is 1. The molecular formula is C15H22ClN5O. The highest BCUT2D eigenvalue weighted by Gasteiger charge is 2.08. The predicted octanol–water partition coefficient (Wildman–Crippen LogP) is 1.73. The first-order valence-corrected chi connectivity index (χ1v) is 7.17. The Morgan fingerprint density at radius 2 is 2.09 bits per heavy atom. The molecule has 0 aliphatic heterocycles. The Kier molecular flexibility index (Phi) is 7.56. The van der Waals surface area contributed by atoms with Crippen molar-refractivity contribution in [1.29, 1.82) is 0 Å². The average molecular weight is 324 g/mol. The molecule has 1 aromatic heterocycles. The lowest BCUT2D eigenvalue weighted by atomic mass is 10.1. The molecule has 0 atom stereocenters. The van der Waals surface area contributed by atoms with Gasteiger partial charge in [0.25, 0.3) is 5.91 Å². The number of benzene rings is 1. The van der Waals surface area contributed by atoms with Gasteiger partial charge in [-0.3, -0.25) is 4.79 Å². The summed E-state index contributed by atoms with van der Waals surface area (Å²) in [7, 11) is 0. The smallest absolute Gasteiger partial charge is 0.251 e. The van der Waals surface area contributed by atoms with E-state index < -0.39 is 0 Å². The van der Waals surface area contributed by atoms with E-state index in [4.69, 9.17) is 0 Å². The summed E-state index contributed by atoms with van der Waals surface area (Å²) in [6.07, 6.45) is 4.22. The van der Waals surface area contributed by atoms with E-state index in [0.29, 0.717) is 12.1 Å². The SMILES string of the molecule is CCCNCCNC(=O)c1ccc(-n2cncn2)c(C)c1.Cl. The van der Waals surface area contributed by atoms with Crippen LogP contribution in [0.25, 0.3) is 5.69 Å². The molecule has 2 rings (SSSR count). The van der Waals surface area contributed by atoms with Crippen LogP contribution in [-0.4, -0.2) is 40.3 Å². The number of aryl methyl sites for hydroxylation is 1. The average Bonchev–Trinajstić information content (AvgIpc) is 3.00. The van der Waals surface area contributed by atoms with Crippen LogP contribution in [0, 0.1) is 6.92 Å². The minimum Gasteiger partial charge on any atom is -0.351 e. The molecule has 0 radical (unpaired) electrons. The maximum atomic E-state index is 12.1. The molecule has 0 saturated heterocycles. The van der Waals surface area contributed by atoms with E-state index in [1.165, 1.54) is 6.33 Å². The number of nitrogens with zero attached hydrogens (tertiary/aromatic N) is 3. The predicted molar refractivity (Wildman–Crippen MR) is 88.8 cm³/mol. The van der Waals surface area contributed by atoms with Crippen molar-refractivity contribution in [2.45, 2.75) is 20.3 Å². The zero-order valence-corrected chi connectivity index (χ0v) is 13.7. The van der Waals surface area contributed by atoms with Gasteiger partial charge in [0, 0.05) is 18.7 Å². The zero-order valence-electron chi connectivity index (χ0n) is 12.9. The molecule has 0 unspecified atom stereocenters. The summed E-state index contributed by atoms with van der Waals surface area (Å²) in [5.41, 5.74) is 2.57. The van der Waals surface area contributed by atoms with Gasteiger partial charge in [-0.1, -0.05) is 6.92 Å². The van der Waals surface area contributed by atoms with E-state index in [2.05, 4.69) is 27.6 Å². The first kappa shape index (κ1) is 18.1. The van der Waals surface area contributed by atoms with E-state index in [9.17, 15) is 4.79 Å². The minimum atomic E-state index is -0.0541. The standard InChI is InChI=1S/C15H21N5O.ClH/c1-3-6-16-7-8-18-15(21)13-4-5-14(12(2)9-13)20-11-17-10-19-20;/h4-5,9-11,16H,3,6-8H2,1-2H3,(H,18,21);1H. The third kappa shape index (κ3) is 4.82. The quantitative estimate of drug-likeness (QED) is 0.761. The summed E-state index contributed by atoms with van der Waals surface area (Å²) in [5, 5.41) is 10.2. The lowest BCUT2D eigenvalue weighted by molar-refractivity contribution is 0.0954. The van der Waals surface area contributed by atoms with Crippen molar-refractivity contribution >= 4 is 18.3 Å². The molecule has 1 amide bonds. The van der Waals surface area contributed by atoms with E-state index in [-0.39, 0.29) is 18.3 Å². The van der Waals surface area contributed by atoms with Gasteiger partial charge in [-0.05, 0) is 43.7 Å². The molecule has 0 aliphatic rings. The Bertz CT molecular complexity index is 586. The summed E-state index contributed by atoms with van der Waals surface area (Å²) in [5.74, 6) is -0.0541.